The van der Waals surface area contributed by atoms with Gasteiger partial charge in [-0.05, 0) is 35.7 Å². The Morgan fingerprint density at radius 2 is 1.96 bits per heavy atom. The molecule has 144 valence electrons. The molecule has 1 aliphatic rings. The van der Waals surface area contributed by atoms with Gasteiger partial charge < -0.3 is 4.57 Å². The number of benzene rings is 2. The van der Waals surface area contributed by atoms with Crippen LogP contribution >= 0.6 is 11.3 Å². The fourth-order valence-corrected chi connectivity index (χ4v) is 4.97. The Morgan fingerprint density at radius 3 is 2.71 bits per heavy atom. The Hall–Kier alpha value is -2.71. The number of anilines is 1. The van der Waals surface area contributed by atoms with E-state index >= 15 is 0 Å². The molecule has 2 heterocycles. The largest absolute Gasteiger partial charge is 0.319 e. The Labute approximate surface area is 167 Å². The molecule has 3 aromatic rings. The van der Waals surface area contributed by atoms with E-state index in [0.29, 0.717) is 35.6 Å². The van der Waals surface area contributed by atoms with Gasteiger partial charge in [0.25, 0.3) is 5.91 Å². The molecule has 0 N–H and O–H groups in total. The molecule has 4 rings (SSSR count). The van der Waals surface area contributed by atoms with Gasteiger partial charge in [-0.1, -0.05) is 30.3 Å². The van der Waals surface area contributed by atoms with Crippen LogP contribution in [0.5, 0.6) is 0 Å². The fraction of sp³-hybridized carbons (Fsp3) is 0.200. The van der Waals surface area contributed by atoms with Crippen molar-refractivity contribution < 1.29 is 13.2 Å². The van der Waals surface area contributed by atoms with E-state index < -0.39 is 10.0 Å². The first-order chi connectivity index (χ1) is 13.4. The van der Waals surface area contributed by atoms with E-state index in [9.17, 15) is 13.2 Å². The van der Waals surface area contributed by atoms with E-state index in [4.69, 9.17) is 0 Å². The van der Waals surface area contributed by atoms with Crippen molar-refractivity contribution in [2.45, 2.75) is 13.0 Å². The summed E-state index contributed by atoms with van der Waals surface area (Å²) in [6.07, 6.45) is 3.70. The highest BCUT2D eigenvalue weighted by atomic mass is 32.2. The summed E-state index contributed by atoms with van der Waals surface area (Å²) < 4.78 is 27.0. The summed E-state index contributed by atoms with van der Waals surface area (Å²) in [6, 6.07) is 15.1. The summed E-state index contributed by atoms with van der Waals surface area (Å²) in [5, 5.41) is 1.90. The van der Waals surface area contributed by atoms with Crippen LogP contribution in [0.3, 0.4) is 0 Å². The number of hydrogen-bond acceptors (Lipinski definition) is 4. The minimum absolute atomic E-state index is 0.329. The second-order valence-corrected chi connectivity index (χ2v) is 9.42. The Kier molecular flexibility index (Phi) is 4.91. The second-order valence-electron chi connectivity index (χ2n) is 6.64. The molecule has 0 saturated heterocycles. The van der Waals surface area contributed by atoms with Crippen molar-refractivity contribution in [1.82, 2.24) is 4.57 Å². The van der Waals surface area contributed by atoms with Gasteiger partial charge in [-0.2, -0.15) is 4.99 Å². The minimum atomic E-state index is -3.30. The standard InChI is InChI=1S/C20H19N3O3S2/c1-28(25,26)23-10-9-16-13-17(7-8-18(16)23)19(24)21-20-22(11-12-27-20)14-15-5-3-2-4-6-15/h2-8,11-13H,9-10,14H2,1H3. The molecule has 8 heteroatoms. The predicted octanol–water partition coefficient (Wildman–Crippen LogP) is 2.66. The van der Waals surface area contributed by atoms with Crippen LogP contribution in [0.4, 0.5) is 5.69 Å². The molecular weight excluding hydrogens is 394 g/mol. The number of thiazole rings is 1. The van der Waals surface area contributed by atoms with Crippen molar-refractivity contribution in [2.75, 3.05) is 17.1 Å². The van der Waals surface area contributed by atoms with E-state index in [-0.39, 0.29) is 5.91 Å². The van der Waals surface area contributed by atoms with E-state index in [2.05, 4.69) is 4.99 Å². The lowest BCUT2D eigenvalue weighted by Gasteiger charge is -2.16. The molecule has 0 spiro atoms. The summed E-state index contributed by atoms with van der Waals surface area (Å²) in [6.45, 7) is 1.05. The van der Waals surface area contributed by atoms with Crippen LogP contribution in [0.15, 0.2) is 65.1 Å². The van der Waals surface area contributed by atoms with E-state index in [0.717, 1.165) is 11.1 Å². The first-order valence-electron chi connectivity index (χ1n) is 8.79. The monoisotopic (exact) mass is 413 g/mol. The molecule has 0 fully saturated rings. The second kappa shape index (κ2) is 7.37. The molecule has 28 heavy (non-hydrogen) atoms. The van der Waals surface area contributed by atoms with Gasteiger partial charge in [-0.3, -0.25) is 9.10 Å². The van der Waals surface area contributed by atoms with Gasteiger partial charge in [0.05, 0.1) is 11.9 Å². The van der Waals surface area contributed by atoms with Gasteiger partial charge in [0, 0.05) is 30.2 Å². The van der Waals surface area contributed by atoms with E-state index in [1.165, 1.54) is 21.9 Å². The van der Waals surface area contributed by atoms with Gasteiger partial charge in [0.15, 0.2) is 4.80 Å². The number of amides is 1. The van der Waals surface area contributed by atoms with Crippen molar-refractivity contribution in [1.29, 1.82) is 0 Å². The van der Waals surface area contributed by atoms with Gasteiger partial charge in [0.1, 0.15) is 0 Å². The lowest BCUT2D eigenvalue weighted by atomic mass is 10.1. The normalized spacial score (nSPS) is 14.3. The van der Waals surface area contributed by atoms with Crippen LogP contribution in [0.1, 0.15) is 21.5 Å². The van der Waals surface area contributed by atoms with Gasteiger partial charge in [-0.15, -0.1) is 11.3 Å². The number of hydrogen-bond donors (Lipinski definition) is 0. The molecule has 1 aromatic heterocycles. The SMILES string of the molecule is CS(=O)(=O)N1CCc2cc(C(=O)N=c3sccn3Cc3ccccc3)ccc21. The average Bonchev–Trinajstić information content (AvgIpc) is 3.28. The molecule has 0 atom stereocenters. The zero-order valence-electron chi connectivity index (χ0n) is 15.3. The molecule has 0 radical (unpaired) electrons. The van der Waals surface area contributed by atoms with Crippen LogP contribution in [0.25, 0.3) is 0 Å². The lowest BCUT2D eigenvalue weighted by Crippen LogP contribution is -2.27. The smallest absolute Gasteiger partial charge is 0.279 e. The number of nitrogens with zero attached hydrogens (tertiary/aromatic N) is 3. The summed E-state index contributed by atoms with van der Waals surface area (Å²) in [7, 11) is -3.30. The Bertz CT molecular complexity index is 1190. The topological polar surface area (TPSA) is 71.7 Å². The third-order valence-electron chi connectivity index (χ3n) is 4.63. The Morgan fingerprint density at radius 1 is 1.18 bits per heavy atom. The number of carbonyl (C=O) groups is 1. The first-order valence-corrected chi connectivity index (χ1v) is 11.5. The highest BCUT2D eigenvalue weighted by Crippen LogP contribution is 2.30. The van der Waals surface area contributed by atoms with Crippen molar-refractivity contribution in [3.05, 3.63) is 81.6 Å². The molecule has 0 unspecified atom stereocenters. The van der Waals surface area contributed by atoms with Crippen molar-refractivity contribution in [3.8, 4) is 0 Å². The summed E-state index contributed by atoms with van der Waals surface area (Å²) in [5.74, 6) is -0.329. The summed E-state index contributed by atoms with van der Waals surface area (Å²) in [5.41, 5.74) is 3.10. The maximum absolute atomic E-state index is 12.7. The van der Waals surface area contributed by atoms with Gasteiger partial charge in [0.2, 0.25) is 10.0 Å². The van der Waals surface area contributed by atoms with Crippen LogP contribution in [-0.2, 0) is 23.0 Å². The van der Waals surface area contributed by atoms with E-state index in [1.807, 2.05) is 46.5 Å². The zero-order chi connectivity index (χ0) is 19.7. The van der Waals surface area contributed by atoms with Crippen LogP contribution in [-0.4, -0.2) is 31.7 Å². The van der Waals surface area contributed by atoms with Crippen molar-refractivity contribution in [2.24, 2.45) is 4.99 Å². The summed E-state index contributed by atoms with van der Waals surface area (Å²) in [4.78, 5) is 17.6. The zero-order valence-corrected chi connectivity index (χ0v) is 16.9. The number of carbonyl (C=O) groups excluding carboxylic acids is 1. The van der Waals surface area contributed by atoms with Crippen molar-refractivity contribution in [3.63, 3.8) is 0 Å². The van der Waals surface area contributed by atoms with Crippen LogP contribution < -0.4 is 9.11 Å². The fourth-order valence-electron chi connectivity index (χ4n) is 3.29. The maximum atomic E-state index is 12.7. The third-order valence-corrected chi connectivity index (χ3v) is 6.61. The van der Waals surface area contributed by atoms with Crippen LogP contribution in [0.2, 0.25) is 0 Å². The number of aromatic nitrogens is 1. The van der Waals surface area contributed by atoms with E-state index in [1.54, 1.807) is 18.2 Å². The lowest BCUT2D eigenvalue weighted by molar-refractivity contribution is 0.0997. The molecular formula is C20H19N3O3S2. The predicted molar refractivity (Wildman–Crippen MR) is 110 cm³/mol. The first kappa shape index (κ1) is 18.6. The average molecular weight is 414 g/mol. The maximum Gasteiger partial charge on any atom is 0.279 e. The Balaban J connectivity index is 1.61. The molecule has 2 aromatic carbocycles. The highest BCUT2D eigenvalue weighted by molar-refractivity contribution is 7.92. The molecule has 1 amide bonds. The van der Waals surface area contributed by atoms with Gasteiger partial charge >= 0.3 is 0 Å². The quantitative estimate of drug-likeness (QED) is 0.660. The number of rotatable bonds is 4. The molecule has 1 aliphatic heterocycles. The van der Waals surface area contributed by atoms with Crippen molar-refractivity contribution >= 4 is 33.0 Å². The highest BCUT2D eigenvalue weighted by Gasteiger charge is 2.26. The molecule has 0 aliphatic carbocycles. The molecule has 0 bridgehead atoms. The summed E-state index contributed by atoms with van der Waals surface area (Å²) >= 11 is 1.41. The number of sulfonamides is 1. The number of fused-ring (bicyclic) bond motifs is 1. The molecule has 0 saturated carbocycles. The molecule has 6 nitrogen and oxygen atoms in total. The third kappa shape index (κ3) is 3.79. The van der Waals surface area contributed by atoms with Gasteiger partial charge in [-0.25, -0.2) is 8.42 Å². The van der Waals surface area contributed by atoms with Crippen LogP contribution in [0, 0.1) is 0 Å². The minimum Gasteiger partial charge on any atom is -0.319 e.